The zero-order valence-electron chi connectivity index (χ0n) is 8.98. The van der Waals surface area contributed by atoms with E-state index in [1.807, 2.05) is 0 Å². The Balaban J connectivity index is 2.30. The molecule has 1 aliphatic heterocycles. The van der Waals surface area contributed by atoms with Gasteiger partial charge in [0.15, 0.2) is 0 Å². The third-order valence-electron chi connectivity index (χ3n) is 2.95. The van der Waals surface area contributed by atoms with Crippen molar-refractivity contribution in [1.82, 2.24) is 5.32 Å². The second-order valence-corrected chi connectivity index (χ2v) is 5.18. The molecule has 1 fully saturated rings. The van der Waals surface area contributed by atoms with E-state index in [2.05, 4.69) is 33.0 Å². The summed E-state index contributed by atoms with van der Waals surface area (Å²) in [5, 5.41) is 3.64. The molecule has 0 bridgehead atoms. The third kappa shape index (κ3) is 2.78. The highest BCUT2D eigenvalue weighted by Crippen LogP contribution is 2.28. The molecular weight excluding hydrogens is 146 g/mol. The van der Waals surface area contributed by atoms with Crippen LogP contribution >= 0.6 is 0 Å². The van der Waals surface area contributed by atoms with E-state index in [1.165, 1.54) is 25.8 Å². The van der Waals surface area contributed by atoms with Crippen LogP contribution in [0.25, 0.3) is 0 Å². The topological polar surface area (TPSA) is 12.0 Å². The smallest absolute Gasteiger partial charge is 0.0156 e. The minimum Gasteiger partial charge on any atom is -0.311 e. The second kappa shape index (κ2) is 3.78. The summed E-state index contributed by atoms with van der Waals surface area (Å²) in [6.07, 6.45) is 4.06. The minimum atomic E-state index is 0.448. The summed E-state index contributed by atoms with van der Waals surface area (Å²) < 4.78 is 0. The van der Waals surface area contributed by atoms with Gasteiger partial charge in [-0.15, -0.1) is 0 Å². The Morgan fingerprint density at radius 2 is 2.17 bits per heavy atom. The lowest BCUT2D eigenvalue weighted by molar-refractivity contribution is 0.341. The number of nitrogens with one attached hydrogen (secondary N) is 1. The Labute approximate surface area is 76.9 Å². The summed E-state index contributed by atoms with van der Waals surface area (Å²) in [5.74, 6) is 1.72. The van der Waals surface area contributed by atoms with E-state index in [0.29, 0.717) is 5.54 Å². The summed E-state index contributed by atoms with van der Waals surface area (Å²) in [6, 6.07) is 0. The summed E-state index contributed by atoms with van der Waals surface area (Å²) in [4.78, 5) is 0. The predicted octanol–water partition coefficient (Wildman–Crippen LogP) is 2.81. The highest BCUT2D eigenvalue weighted by atomic mass is 15.0. The van der Waals surface area contributed by atoms with E-state index >= 15 is 0 Å². The van der Waals surface area contributed by atoms with Crippen molar-refractivity contribution >= 4 is 0 Å². The Bertz CT molecular complexity index is 142. The van der Waals surface area contributed by atoms with Crippen molar-refractivity contribution in [2.24, 2.45) is 11.8 Å². The van der Waals surface area contributed by atoms with Gasteiger partial charge in [-0.1, -0.05) is 20.8 Å². The molecule has 1 N–H and O–H groups in total. The van der Waals surface area contributed by atoms with Crippen LogP contribution in [0.2, 0.25) is 0 Å². The molecule has 0 aromatic carbocycles. The number of hydrogen-bond donors (Lipinski definition) is 1. The van der Waals surface area contributed by atoms with Crippen LogP contribution in [0.5, 0.6) is 0 Å². The summed E-state index contributed by atoms with van der Waals surface area (Å²) >= 11 is 0. The van der Waals surface area contributed by atoms with Gasteiger partial charge in [-0.25, -0.2) is 0 Å². The molecule has 0 spiro atoms. The Morgan fingerprint density at radius 1 is 1.50 bits per heavy atom. The summed E-state index contributed by atoms with van der Waals surface area (Å²) in [6.45, 7) is 10.5. The summed E-state index contributed by atoms with van der Waals surface area (Å²) in [7, 11) is 0. The molecule has 0 radical (unpaired) electrons. The fraction of sp³-hybridized carbons (Fsp3) is 1.00. The molecule has 1 unspecified atom stereocenters. The Kier molecular flexibility index (Phi) is 3.16. The van der Waals surface area contributed by atoms with Crippen molar-refractivity contribution in [1.29, 1.82) is 0 Å². The van der Waals surface area contributed by atoms with Crippen molar-refractivity contribution in [3.63, 3.8) is 0 Å². The van der Waals surface area contributed by atoms with Gasteiger partial charge in [0.2, 0.25) is 0 Å². The predicted molar refractivity (Wildman–Crippen MR) is 54.3 cm³/mol. The van der Waals surface area contributed by atoms with Crippen LogP contribution in [0, 0.1) is 11.8 Å². The molecule has 12 heavy (non-hydrogen) atoms. The Morgan fingerprint density at radius 3 is 2.58 bits per heavy atom. The average Bonchev–Trinajstić information content (AvgIpc) is 2.29. The van der Waals surface area contributed by atoms with Gasteiger partial charge in [0.25, 0.3) is 0 Å². The largest absolute Gasteiger partial charge is 0.311 e. The van der Waals surface area contributed by atoms with Gasteiger partial charge < -0.3 is 5.32 Å². The average molecular weight is 169 g/mol. The van der Waals surface area contributed by atoms with Crippen molar-refractivity contribution in [2.75, 3.05) is 6.54 Å². The van der Waals surface area contributed by atoms with Gasteiger partial charge in [-0.3, -0.25) is 0 Å². The highest BCUT2D eigenvalue weighted by Gasteiger charge is 2.31. The van der Waals surface area contributed by atoms with Crippen LogP contribution in [0.4, 0.5) is 0 Å². The molecule has 0 aliphatic carbocycles. The minimum absolute atomic E-state index is 0.448. The molecule has 1 heterocycles. The Hall–Kier alpha value is -0.0400. The van der Waals surface area contributed by atoms with E-state index in [4.69, 9.17) is 0 Å². The normalized spacial score (nSPS) is 36.2. The van der Waals surface area contributed by atoms with Crippen molar-refractivity contribution < 1.29 is 0 Å². The van der Waals surface area contributed by atoms with Crippen LogP contribution in [-0.2, 0) is 0 Å². The molecule has 1 rings (SSSR count). The van der Waals surface area contributed by atoms with Gasteiger partial charge in [-0.05, 0) is 44.6 Å². The van der Waals surface area contributed by atoms with Gasteiger partial charge in [0.1, 0.15) is 0 Å². The molecular formula is C11H23N. The van der Waals surface area contributed by atoms with Crippen LogP contribution in [0.15, 0.2) is 0 Å². The van der Waals surface area contributed by atoms with Gasteiger partial charge >= 0.3 is 0 Å². The molecule has 0 aromatic rings. The highest BCUT2D eigenvalue weighted by molar-refractivity contribution is 4.91. The van der Waals surface area contributed by atoms with E-state index in [1.54, 1.807) is 0 Å². The fourth-order valence-electron chi connectivity index (χ4n) is 2.13. The molecule has 72 valence electrons. The second-order valence-electron chi connectivity index (χ2n) is 5.18. The first kappa shape index (κ1) is 10.0. The molecule has 1 saturated heterocycles. The lowest BCUT2D eigenvalue weighted by Gasteiger charge is -2.25. The van der Waals surface area contributed by atoms with Crippen LogP contribution < -0.4 is 5.32 Å². The molecule has 1 heteroatoms. The number of rotatable bonds is 3. The fourth-order valence-corrected chi connectivity index (χ4v) is 2.13. The van der Waals surface area contributed by atoms with Crippen LogP contribution in [0.1, 0.15) is 47.0 Å². The maximum Gasteiger partial charge on any atom is 0.0156 e. The zero-order chi connectivity index (χ0) is 9.19. The first-order valence-electron chi connectivity index (χ1n) is 5.27. The summed E-state index contributed by atoms with van der Waals surface area (Å²) in [5.41, 5.74) is 0.448. The molecule has 2 atom stereocenters. The molecule has 1 nitrogen and oxygen atoms in total. The zero-order valence-corrected chi connectivity index (χ0v) is 8.98. The van der Waals surface area contributed by atoms with Crippen molar-refractivity contribution in [3.05, 3.63) is 0 Å². The molecule has 1 aliphatic rings. The van der Waals surface area contributed by atoms with E-state index < -0.39 is 0 Å². The quantitative estimate of drug-likeness (QED) is 0.685. The van der Waals surface area contributed by atoms with Crippen LogP contribution in [0.3, 0.4) is 0 Å². The van der Waals surface area contributed by atoms with E-state index in [0.717, 1.165) is 11.8 Å². The molecule has 0 amide bonds. The molecule has 0 saturated carbocycles. The monoisotopic (exact) mass is 169 g/mol. The van der Waals surface area contributed by atoms with Gasteiger partial charge in [-0.2, -0.15) is 0 Å². The van der Waals surface area contributed by atoms with Gasteiger partial charge in [0.05, 0.1) is 0 Å². The maximum atomic E-state index is 3.64. The standard InChI is InChI=1S/C11H23N/c1-9(2)5-6-11(4)7-10(3)8-12-11/h9-10,12H,5-8H2,1-4H3/t10-,11?/m0/s1. The third-order valence-corrected chi connectivity index (χ3v) is 2.95. The van der Waals surface area contributed by atoms with E-state index in [9.17, 15) is 0 Å². The van der Waals surface area contributed by atoms with E-state index in [-0.39, 0.29) is 0 Å². The SMILES string of the molecule is CC(C)CCC1(C)C[C@H](C)CN1. The number of hydrogen-bond acceptors (Lipinski definition) is 1. The first-order chi connectivity index (χ1) is 5.52. The van der Waals surface area contributed by atoms with Crippen molar-refractivity contribution in [3.8, 4) is 0 Å². The maximum absolute atomic E-state index is 3.64. The van der Waals surface area contributed by atoms with Crippen molar-refractivity contribution in [2.45, 2.75) is 52.5 Å². The van der Waals surface area contributed by atoms with Gasteiger partial charge in [0, 0.05) is 5.54 Å². The lowest BCUT2D eigenvalue weighted by Crippen LogP contribution is -2.36. The molecule has 0 aromatic heterocycles. The van der Waals surface area contributed by atoms with Crippen LogP contribution in [-0.4, -0.2) is 12.1 Å². The first-order valence-corrected chi connectivity index (χ1v) is 5.27. The lowest BCUT2D eigenvalue weighted by atomic mass is 9.88.